The molecule has 1 nitrogen and oxygen atoms in total. The molecule has 0 fully saturated rings. The van der Waals surface area contributed by atoms with Crippen molar-refractivity contribution in [3.8, 4) is 5.75 Å². The summed E-state index contributed by atoms with van der Waals surface area (Å²) in [6, 6.07) is 0. The lowest BCUT2D eigenvalue weighted by molar-refractivity contribution is 0.417. The molecule has 0 aliphatic carbocycles. The molecule has 0 amide bonds. The van der Waals surface area contributed by atoms with Crippen LogP contribution in [0.15, 0.2) is 5.38 Å². The first-order valence-electron chi connectivity index (χ1n) is 2.03. The summed E-state index contributed by atoms with van der Waals surface area (Å²) in [5, 5.41) is 5.18. The fourth-order valence-corrected chi connectivity index (χ4v) is 1.29. The summed E-state index contributed by atoms with van der Waals surface area (Å²) >= 11 is 6.98. The van der Waals surface area contributed by atoms with E-state index in [9.17, 15) is 0 Å². The van der Waals surface area contributed by atoms with Crippen molar-refractivity contribution in [3.05, 3.63) is 15.8 Å². The summed E-state index contributed by atoms with van der Waals surface area (Å²) in [6.45, 7) is 0. The number of halogens is 1. The maximum Gasteiger partial charge on any atom is 0.148 e. The predicted molar refractivity (Wildman–Crippen MR) is 34.7 cm³/mol. The molecule has 0 N–H and O–H groups in total. The van der Waals surface area contributed by atoms with Gasteiger partial charge in [-0.05, 0) is 0 Å². The lowest BCUT2D eigenvalue weighted by atomic mass is 10.6. The minimum Gasteiger partial charge on any atom is -0.494 e. The standard InChI is InChI=1S/C5H4ClOS/c1-7-5-3-8-2-4(5)6/h3H,1H3. The molecule has 1 aromatic rings. The van der Waals surface area contributed by atoms with E-state index in [1.807, 2.05) is 5.38 Å². The van der Waals surface area contributed by atoms with E-state index < -0.39 is 0 Å². The van der Waals surface area contributed by atoms with Gasteiger partial charge >= 0.3 is 0 Å². The van der Waals surface area contributed by atoms with E-state index in [0.29, 0.717) is 10.8 Å². The Kier molecular flexibility index (Phi) is 1.76. The predicted octanol–water partition coefficient (Wildman–Crippen LogP) is 2.21. The van der Waals surface area contributed by atoms with E-state index in [1.54, 1.807) is 7.11 Å². The average molecular weight is 148 g/mol. The van der Waals surface area contributed by atoms with Crippen molar-refractivity contribution in [1.82, 2.24) is 0 Å². The molecular weight excluding hydrogens is 144 g/mol. The van der Waals surface area contributed by atoms with Gasteiger partial charge in [0.15, 0.2) is 0 Å². The third-order valence-corrected chi connectivity index (χ3v) is 1.80. The van der Waals surface area contributed by atoms with Crippen LogP contribution in [0.25, 0.3) is 0 Å². The molecule has 0 saturated carbocycles. The lowest BCUT2D eigenvalue weighted by Crippen LogP contribution is -1.76. The molecule has 0 saturated heterocycles. The molecule has 1 heterocycles. The van der Waals surface area contributed by atoms with Gasteiger partial charge in [0.1, 0.15) is 10.8 Å². The van der Waals surface area contributed by atoms with Crippen LogP contribution in [0.4, 0.5) is 0 Å². The van der Waals surface area contributed by atoms with Gasteiger partial charge in [-0.2, -0.15) is 0 Å². The molecule has 1 aromatic heterocycles. The maximum atomic E-state index is 5.57. The van der Waals surface area contributed by atoms with Crippen LogP contribution < -0.4 is 4.74 Å². The van der Waals surface area contributed by atoms with E-state index in [0.717, 1.165) is 0 Å². The van der Waals surface area contributed by atoms with Crippen LogP contribution in [0.3, 0.4) is 0 Å². The van der Waals surface area contributed by atoms with Crippen LogP contribution in [0.1, 0.15) is 0 Å². The smallest absolute Gasteiger partial charge is 0.148 e. The molecule has 1 radical (unpaired) electrons. The highest BCUT2D eigenvalue weighted by molar-refractivity contribution is 7.08. The van der Waals surface area contributed by atoms with Crippen molar-refractivity contribution in [2.24, 2.45) is 0 Å². The zero-order valence-corrected chi connectivity index (χ0v) is 5.84. The summed E-state index contributed by atoms with van der Waals surface area (Å²) in [5.41, 5.74) is 0. The Morgan fingerprint density at radius 1 is 1.88 bits per heavy atom. The van der Waals surface area contributed by atoms with Gasteiger partial charge in [0.25, 0.3) is 0 Å². The number of methoxy groups -OCH3 is 1. The summed E-state index contributed by atoms with van der Waals surface area (Å²) in [7, 11) is 1.59. The molecule has 3 heteroatoms. The van der Waals surface area contributed by atoms with Crippen molar-refractivity contribution in [1.29, 1.82) is 0 Å². The zero-order chi connectivity index (χ0) is 5.98. The highest BCUT2D eigenvalue weighted by Crippen LogP contribution is 2.26. The SMILES string of the molecule is COc1cs[c]c1Cl. The van der Waals surface area contributed by atoms with Crippen LogP contribution in [-0.4, -0.2) is 7.11 Å². The van der Waals surface area contributed by atoms with E-state index in [1.165, 1.54) is 11.3 Å². The van der Waals surface area contributed by atoms with Gasteiger partial charge in [0.05, 0.1) is 12.5 Å². The fourth-order valence-electron chi connectivity index (χ4n) is 0.374. The molecule has 1 rings (SSSR count). The Balaban J connectivity index is 2.92. The molecule has 0 unspecified atom stereocenters. The van der Waals surface area contributed by atoms with Crippen molar-refractivity contribution in [3.63, 3.8) is 0 Å². The Hall–Kier alpha value is -0.210. The van der Waals surface area contributed by atoms with Crippen LogP contribution in [0.5, 0.6) is 5.75 Å². The second-order valence-electron chi connectivity index (χ2n) is 1.22. The number of ether oxygens (including phenoxy) is 1. The van der Waals surface area contributed by atoms with Gasteiger partial charge in [-0.15, -0.1) is 11.3 Å². The molecule has 0 aromatic carbocycles. The van der Waals surface area contributed by atoms with Crippen molar-refractivity contribution >= 4 is 22.9 Å². The van der Waals surface area contributed by atoms with Gasteiger partial charge in [-0.25, -0.2) is 0 Å². The van der Waals surface area contributed by atoms with Crippen LogP contribution in [-0.2, 0) is 0 Å². The summed E-state index contributed by atoms with van der Waals surface area (Å²) < 4.78 is 4.83. The van der Waals surface area contributed by atoms with Crippen LogP contribution >= 0.6 is 22.9 Å². The van der Waals surface area contributed by atoms with Gasteiger partial charge < -0.3 is 4.74 Å². The summed E-state index contributed by atoms with van der Waals surface area (Å²) in [4.78, 5) is 0. The van der Waals surface area contributed by atoms with Gasteiger partial charge in [-0.1, -0.05) is 11.6 Å². The van der Waals surface area contributed by atoms with Crippen LogP contribution in [0, 0.1) is 5.38 Å². The van der Waals surface area contributed by atoms with Crippen molar-refractivity contribution in [2.75, 3.05) is 7.11 Å². The van der Waals surface area contributed by atoms with E-state index >= 15 is 0 Å². The minimum atomic E-state index is 0.567. The third-order valence-electron chi connectivity index (χ3n) is 0.751. The van der Waals surface area contributed by atoms with Gasteiger partial charge in [0, 0.05) is 5.38 Å². The normalized spacial score (nSPS) is 9.25. The molecule has 0 aliphatic rings. The fraction of sp³-hybridized carbons (Fsp3) is 0.200. The Bertz CT molecular complexity index is 173. The minimum absolute atomic E-state index is 0.567. The van der Waals surface area contributed by atoms with E-state index in [2.05, 4.69) is 5.38 Å². The summed E-state index contributed by atoms with van der Waals surface area (Å²) in [5.74, 6) is 0.705. The Morgan fingerprint density at radius 3 is 2.88 bits per heavy atom. The first kappa shape index (κ1) is 5.92. The Labute approximate surface area is 56.9 Å². The van der Waals surface area contributed by atoms with Gasteiger partial charge in [0.2, 0.25) is 0 Å². The largest absolute Gasteiger partial charge is 0.494 e. The first-order chi connectivity index (χ1) is 3.84. The zero-order valence-electron chi connectivity index (χ0n) is 4.27. The monoisotopic (exact) mass is 147 g/mol. The molecule has 0 aliphatic heterocycles. The highest BCUT2D eigenvalue weighted by Gasteiger charge is 1.97. The highest BCUT2D eigenvalue weighted by atomic mass is 35.5. The molecule has 8 heavy (non-hydrogen) atoms. The average Bonchev–Trinajstić information content (AvgIpc) is 2.14. The van der Waals surface area contributed by atoms with Gasteiger partial charge in [-0.3, -0.25) is 0 Å². The molecule has 43 valence electrons. The maximum absolute atomic E-state index is 5.57. The van der Waals surface area contributed by atoms with E-state index in [-0.39, 0.29) is 0 Å². The van der Waals surface area contributed by atoms with Crippen molar-refractivity contribution < 1.29 is 4.74 Å². The van der Waals surface area contributed by atoms with Crippen LogP contribution in [0.2, 0.25) is 5.02 Å². The number of rotatable bonds is 1. The second kappa shape index (κ2) is 2.37. The topological polar surface area (TPSA) is 9.23 Å². The number of hydrogen-bond donors (Lipinski definition) is 0. The third kappa shape index (κ3) is 0.956. The Morgan fingerprint density at radius 2 is 2.62 bits per heavy atom. The number of hydrogen-bond acceptors (Lipinski definition) is 2. The molecule has 0 spiro atoms. The first-order valence-corrected chi connectivity index (χ1v) is 3.29. The van der Waals surface area contributed by atoms with Crippen molar-refractivity contribution in [2.45, 2.75) is 0 Å². The molecule has 0 bridgehead atoms. The van der Waals surface area contributed by atoms with E-state index in [4.69, 9.17) is 16.3 Å². The second-order valence-corrected chi connectivity index (χ2v) is 2.27. The molecule has 0 atom stereocenters. The summed E-state index contributed by atoms with van der Waals surface area (Å²) in [6.07, 6.45) is 0. The lowest BCUT2D eigenvalue weighted by Gasteiger charge is -1.90. The quantitative estimate of drug-likeness (QED) is 0.592. The molecular formula is C5H4ClOS. The number of thiophene rings is 1.